The number of hydrogen-bond donors (Lipinski definition) is 2. The van der Waals surface area contributed by atoms with Gasteiger partial charge in [0.05, 0.1) is 17.1 Å². The molecule has 5 nitrogen and oxygen atoms in total. The molecule has 1 aromatic rings. The number of aromatic nitrogens is 1. The van der Waals surface area contributed by atoms with Gasteiger partial charge >= 0.3 is 6.09 Å². The van der Waals surface area contributed by atoms with Gasteiger partial charge < -0.3 is 15.8 Å². The predicted molar refractivity (Wildman–Crippen MR) is 76.1 cm³/mol. The maximum atomic E-state index is 11.1. The van der Waals surface area contributed by atoms with Crippen molar-refractivity contribution in [3.63, 3.8) is 0 Å². The number of nitrogen functional groups attached to an aromatic ring is 1. The monoisotopic (exact) mass is 265 g/mol. The van der Waals surface area contributed by atoms with E-state index in [4.69, 9.17) is 10.5 Å². The number of anilines is 1. The summed E-state index contributed by atoms with van der Waals surface area (Å²) in [4.78, 5) is 15.6. The average Bonchev–Trinajstić information content (AvgIpc) is 2.36. The molecule has 1 aromatic heterocycles. The van der Waals surface area contributed by atoms with Crippen LogP contribution in [0.25, 0.3) is 0 Å². The van der Waals surface area contributed by atoms with E-state index in [1.165, 1.54) is 7.05 Å². The molecule has 0 radical (unpaired) electrons. The summed E-state index contributed by atoms with van der Waals surface area (Å²) in [6.45, 7) is 8.41. The number of pyridine rings is 1. The Morgan fingerprint density at radius 2 is 2.00 bits per heavy atom. The van der Waals surface area contributed by atoms with Crippen molar-refractivity contribution in [1.29, 1.82) is 0 Å². The van der Waals surface area contributed by atoms with Crippen LogP contribution in [0.3, 0.4) is 0 Å². The number of nitrogens with two attached hydrogens (primary N) is 1. The highest BCUT2D eigenvalue weighted by atomic mass is 16.5. The average molecular weight is 265 g/mol. The molecule has 0 aliphatic rings. The lowest BCUT2D eigenvalue weighted by atomic mass is 9.96. The van der Waals surface area contributed by atoms with Gasteiger partial charge in [0.2, 0.25) is 0 Å². The molecule has 19 heavy (non-hydrogen) atoms. The van der Waals surface area contributed by atoms with E-state index in [1.807, 2.05) is 19.9 Å². The molecule has 0 unspecified atom stereocenters. The summed E-state index contributed by atoms with van der Waals surface area (Å²) >= 11 is 0. The minimum absolute atomic E-state index is 0.152. The largest absolute Gasteiger partial charge is 0.443 e. The molecular formula is C14H23N3O2. The Balaban J connectivity index is 3.08. The van der Waals surface area contributed by atoms with E-state index in [1.54, 1.807) is 0 Å². The van der Waals surface area contributed by atoms with Gasteiger partial charge in [-0.25, -0.2) is 4.79 Å². The highest BCUT2D eigenvalue weighted by molar-refractivity contribution is 5.66. The fourth-order valence-corrected chi connectivity index (χ4v) is 1.86. The second-order valence-corrected chi connectivity index (χ2v) is 5.14. The number of amides is 1. The Bertz CT molecular complexity index is 427. The summed E-state index contributed by atoms with van der Waals surface area (Å²) in [7, 11) is 1.53. The molecule has 1 amide bonds. The van der Waals surface area contributed by atoms with E-state index in [2.05, 4.69) is 24.1 Å². The van der Waals surface area contributed by atoms with Gasteiger partial charge in [-0.3, -0.25) is 4.98 Å². The molecule has 0 spiro atoms. The van der Waals surface area contributed by atoms with Crippen LogP contribution >= 0.6 is 0 Å². The second-order valence-electron chi connectivity index (χ2n) is 5.14. The van der Waals surface area contributed by atoms with Crippen molar-refractivity contribution < 1.29 is 9.53 Å². The zero-order valence-corrected chi connectivity index (χ0v) is 12.3. The molecule has 106 valence electrons. The van der Waals surface area contributed by atoms with Crippen LogP contribution in [-0.2, 0) is 11.3 Å². The molecule has 1 rings (SSSR count). The summed E-state index contributed by atoms with van der Waals surface area (Å²) in [5.41, 5.74) is 9.54. The number of alkyl carbamates (subject to hydrolysis) is 1. The summed E-state index contributed by atoms with van der Waals surface area (Å²) < 4.78 is 5.03. The van der Waals surface area contributed by atoms with Crippen LogP contribution in [0.5, 0.6) is 0 Å². The van der Waals surface area contributed by atoms with Crippen molar-refractivity contribution in [3.05, 3.63) is 23.0 Å². The molecule has 0 bridgehead atoms. The number of carbonyl (C=O) groups is 1. The fraction of sp³-hybridized carbons (Fsp3) is 0.571. The number of carbonyl (C=O) groups excluding carboxylic acids is 1. The first-order valence-electron chi connectivity index (χ1n) is 6.50. The van der Waals surface area contributed by atoms with Gasteiger partial charge in [0.15, 0.2) is 0 Å². The minimum atomic E-state index is -0.462. The molecular weight excluding hydrogens is 242 g/mol. The maximum Gasteiger partial charge on any atom is 0.407 e. The van der Waals surface area contributed by atoms with Crippen molar-refractivity contribution in [2.75, 3.05) is 12.8 Å². The van der Waals surface area contributed by atoms with Crippen LogP contribution in [0.2, 0.25) is 0 Å². The summed E-state index contributed by atoms with van der Waals surface area (Å²) in [6.07, 6.45) is -0.462. The third-order valence-electron chi connectivity index (χ3n) is 2.90. The quantitative estimate of drug-likeness (QED) is 0.877. The summed E-state index contributed by atoms with van der Waals surface area (Å²) in [6, 6.07) is 1.91. The van der Waals surface area contributed by atoms with Crippen molar-refractivity contribution >= 4 is 11.8 Å². The van der Waals surface area contributed by atoms with Gasteiger partial charge in [-0.2, -0.15) is 0 Å². The molecule has 0 aliphatic heterocycles. The molecule has 3 N–H and O–H groups in total. The van der Waals surface area contributed by atoms with Crippen LogP contribution in [0.15, 0.2) is 6.07 Å². The first kappa shape index (κ1) is 15.3. The maximum absolute atomic E-state index is 11.1. The Morgan fingerprint density at radius 3 is 2.47 bits per heavy atom. The van der Waals surface area contributed by atoms with Crippen LogP contribution in [0.1, 0.15) is 56.5 Å². The van der Waals surface area contributed by atoms with Crippen molar-refractivity contribution in [1.82, 2.24) is 10.3 Å². The van der Waals surface area contributed by atoms with Crippen LogP contribution in [-0.4, -0.2) is 18.1 Å². The number of nitrogens with one attached hydrogen (secondary N) is 1. The molecule has 5 heteroatoms. The first-order valence-corrected chi connectivity index (χ1v) is 6.50. The van der Waals surface area contributed by atoms with Crippen molar-refractivity contribution in [3.8, 4) is 0 Å². The number of rotatable bonds is 4. The van der Waals surface area contributed by atoms with Crippen molar-refractivity contribution in [2.24, 2.45) is 0 Å². The van der Waals surface area contributed by atoms with Crippen LogP contribution in [0.4, 0.5) is 10.5 Å². The lowest BCUT2D eigenvalue weighted by Gasteiger charge is -2.17. The minimum Gasteiger partial charge on any atom is -0.443 e. The van der Waals surface area contributed by atoms with Gasteiger partial charge in [0, 0.05) is 7.05 Å². The van der Waals surface area contributed by atoms with Crippen LogP contribution < -0.4 is 11.1 Å². The molecule has 0 atom stereocenters. The van der Waals surface area contributed by atoms with Gasteiger partial charge in [0.25, 0.3) is 0 Å². The summed E-state index contributed by atoms with van der Waals surface area (Å²) in [5.74, 6) is 0.539. The first-order chi connectivity index (χ1) is 8.86. The van der Waals surface area contributed by atoms with Gasteiger partial charge in [-0.1, -0.05) is 27.7 Å². The van der Waals surface area contributed by atoms with Crippen LogP contribution in [0, 0.1) is 0 Å². The molecule has 0 saturated carbocycles. The third kappa shape index (κ3) is 3.84. The number of ether oxygens (including phenoxy) is 1. The van der Waals surface area contributed by atoms with Gasteiger partial charge in [-0.15, -0.1) is 0 Å². The van der Waals surface area contributed by atoms with Gasteiger partial charge in [-0.05, 0) is 23.5 Å². The number of hydrogen-bond acceptors (Lipinski definition) is 4. The summed E-state index contributed by atoms with van der Waals surface area (Å²) in [5, 5.41) is 2.41. The van der Waals surface area contributed by atoms with E-state index in [0.717, 1.165) is 22.6 Å². The Hall–Kier alpha value is -1.78. The topological polar surface area (TPSA) is 77.2 Å². The Kier molecular flexibility index (Phi) is 5.15. The Morgan fingerprint density at radius 1 is 1.37 bits per heavy atom. The highest BCUT2D eigenvalue weighted by Gasteiger charge is 2.15. The highest BCUT2D eigenvalue weighted by Crippen LogP contribution is 2.29. The van der Waals surface area contributed by atoms with E-state index in [-0.39, 0.29) is 12.5 Å². The number of nitrogens with zero attached hydrogens (tertiary/aromatic N) is 1. The normalized spacial score (nSPS) is 10.9. The Labute approximate surface area is 114 Å². The van der Waals surface area contributed by atoms with Gasteiger partial charge in [0.1, 0.15) is 6.61 Å². The zero-order valence-electron chi connectivity index (χ0n) is 12.3. The van der Waals surface area contributed by atoms with E-state index in [9.17, 15) is 4.79 Å². The molecule has 0 fully saturated rings. The second kappa shape index (κ2) is 6.41. The van der Waals surface area contributed by atoms with E-state index >= 15 is 0 Å². The third-order valence-corrected chi connectivity index (χ3v) is 2.90. The van der Waals surface area contributed by atoms with E-state index < -0.39 is 6.09 Å². The lowest BCUT2D eigenvalue weighted by Crippen LogP contribution is -2.19. The zero-order chi connectivity index (χ0) is 14.6. The molecule has 0 saturated heterocycles. The fourth-order valence-electron chi connectivity index (χ4n) is 1.86. The standard InChI is InChI=1S/C14H23N3O2/c1-8(2)11-6-10(7-19-14(18)16-5)17-13(9(3)4)12(11)15/h6,8-9H,7,15H2,1-5H3,(H,16,18). The van der Waals surface area contributed by atoms with E-state index in [0.29, 0.717) is 5.92 Å². The van der Waals surface area contributed by atoms with Crippen molar-refractivity contribution in [2.45, 2.75) is 46.1 Å². The SMILES string of the molecule is CNC(=O)OCc1cc(C(C)C)c(N)c(C(C)C)n1. The molecule has 0 aromatic carbocycles. The lowest BCUT2D eigenvalue weighted by molar-refractivity contribution is 0.140. The predicted octanol–water partition coefficient (Wildman–Crippen LogP) is 2.77. The molecule has 1 heterocycles. The molecule has 0 aliphatic carbocycles. The smallest absolute Gasteiger partial charge is 0.407 e.